The van der Waals surface area contributed by atoms with Crippen molar-refractivity contribution in [1.82, 2.24) is 14.7 Å². The molecule has 1 saturated heterocycles. The third-order valence-corrected chi connectivity index (χ3v) is 4.68. The van der Waals surface area contributed by atoms with Crippen LogP contribution in [0.2, 0.25) is 0 Å². The van der Waals surface area contributed by atoms with E-state index in [4.69, 9.17) is 10.5 Å². The van der Waals surface area contributed by atoms with Gasteiger partial charge in [0.1, 0.15) is 0 Å². The Morgan fingerprint density at radius 3 is 2.63 bits per heavy atom. The lowest BCUT2D eigenvalue weighted by Crippen LogP contribution is -2.52. The van der Waals surface area contributed by atoms with E-state index in [0.717, 1.165) is 31.0 Å². The average molecular weight is 266 g/mol. The molecule has 108 valence electrons. The van der Waals surface area contributed by atoms with E-state index in [1.54, 1.807) is 13.3 Å². The van der Waals surface area contributed by atoms with Crippen LogP contribution in [0.1, 0.15) is 44.8 Å². The summed E-state index contributed by atoms with van der Waals surface area (Å²) in [5, 5.41) is 4.28. The number of hydrogen-bond donors (Lipinski definition) is 1. The molecule has 0 radical (unpaired) electrons. The molecule has 1 aromatic heterocycles. The van der Waals surface area contributed by atoms with Gasteiger partial charge in [0, 0.05) is 12.6 Å². The van der Waals surface area contributed by atoms with E-state index >= 15 is 0 Å². The molecule has 2 unspecified atom stereocenters. The summed E-state index contributed by atoms with van der Waals surface area (Å²) in [5.41, 5.74) is 7.54. The summed E-state index contributed by atoms with van der Waals surface area (Å²) < 4.78 is 7.25. The van der Waals surface area contributed by atoms with Gasteiger partial charge in [-0.1, -0.05) is 6.92 Å². The molecule has 19 heavy (non-hydrogen) atoms. The minimum absolute atomic E-state index is 0.0441. The SMILES string of the molecule is CCC(C)(C(N)c1c(OC)cnn1C)N1CCCC1. The molecule has 0 spiro atoms. The summed E-state index contributed by atoms with van der Waals surface area (Å²) >= 11 is 0. The van der Waals surface area contributed by atoms with Crippen molar-refractivity contribution in [2.75, 3.05) is 20.2 Å². The van der Waals surface area contributed by atoms with E-state index in [2.05, 4.69) is 23.8 Å². The van der Waals surface area contributed by atoms with Crippen molar-refractivity contribution in [3.05, 3.63) is 11.9 Å². The number of nitrogens with two attached hydrogens (primary N) is 1. The molecule has 5 nitrogen and oxygen atoms in total. The zero-order chi connectivity index (χ0) is 14.0. The first kappa shape index (κ1) is 14.3. The van der Waals surface area contributed by atoms with Crippen LogP contribution in [-0.2, 0) is 7.05 Å². The van der Waals surface area contributed by atoms with E-state index in [1.807, 2.05) is 11.7 Å². The van der Waals surface area contributed by atoms with E-state index in [1.165, 1.54) is 12.8 Å². The molecular formula is C14H26N4O. The molecule has 1 aliphatic heterocycles. The van der Waals surface area contributed by atoms with Crippen LogP contribution in [-0.4, -0.2) is 40.4 Å². The lowest BCUT2D eigenvalue weighted by Gasteiger charge is -2.42. The van der Waals surface area contributed by atoms with Gasteiger partial charge in [-0.25, -0.2) is 0 Å². The summed E-state index contributed by atoms with van der Waals surface area (Å²) in [6, 6.07) is -0.0990. The molecule has 0 amide bonds. The third kappa shape index (κ3) is 2.37. The molecule has 0 saturated carbocycles. The minimum Gasteiger partial charge on any atom is -0.493 e. The van der Waals surface area contributed by atoms with Crippen LogP contribution in [0.15, 0.2) is 6.20 Å². The Hall–Kier alpha value is -1.07. The monoisotopic (exact) mass is 266 g/mol. The normalized spacial score (nSPS) is 21.3. The number of nitrogens with zero attached hydrogens (tertiary/aromatic N) is 3. The van der Waals surface area contributed by atoms with Crippen molar-refractivity contribution >= 4 is 0 Å². The second-order valence-electron chi connectivity index (χ2n) is 5.60. The maximum absolute atomic E-state index is 6.60. The number of likely N-dealkylation sites (tertiary alicyclic amines) is 1. The fraction of sp³-hybridized carbons (Fsp3) is 0.786. The Morgan fingerprint density at radius 1 is 1.47 bits per heavy atom. The Bertz CT molecular complexity index is 425. The summed E-state index contributed by atoms with van der Waals surface area (Å²) in [5.74, 6) is 0.786. The van der Waals surface area contributed by atoms with E-state index in [9.17, 15) is 0 Å². The van der Waals surface area contributed by atoms with Gasteiger partial charge in [-0.2, -0.15) is 5.10 Å². The van der Waals surface area contributed by atoms with Gasteiger partial charge in [-0.15, -0.1) is 0 Å². The predicted octanol–water partition coefficient (Wildman–Crippen LogP) is 1.69. The first-order valence-corrected chi connectivity index (χ1v) is 7.11. The first-order valence-electron chi connectivity index (χ1n) is 7.11. The zero-order valence-electron chi connectivity index (χ0n) is 12.5. The highest BCUT2D eigenvalue weighted by atomic mass is 16.5. The Balaban J connectivity index is 2.34. The molecule has 2 heterocycles. The maximum Gasteiger partial charge on any atom is 0.161 e. The third-order valence-electron chi connectivity index (χ3n) is 4.68. The Labute approximate surface area is 115 Å². The van der Waals surface area contributed by atoms with Crippen molar-refractivity contribution < 1.29 is 4.74 Å². The summed E-state index contributed by atoms with van der Waals surface area (Å²) in [6.07, 6.45) is 5.30. The van der Waals surface area contributed by atoms with Crippen molar-refractivity contribution in [2.24, 2.45) is 12.8 Å². The minimum atomic E-state index is -0.0990. The molecule has 1 aliphatic rings. The molecule has 2 atom stereocenters. The van der Waals surface area contributed by atoms with Crippen LogP contribution in [0.3, 0.4) is 0 Å². The lowest BCUT2D eigenvalue weighted by atomic mass is 9.85. The number of rotatable bonds is 5. The quantitative estimate of drug-likeness (QED) is 0.881. The second kappa shape index (κ2) is 5.51. The molecule has 2 N–H and O–H groups in total. The van der Waals surface area contributed by atoms with Gasteiger partial charge >= 0.3 is 0 Å². The molecule has 0 bridgehead atoms. The van der Waals surface area contributed by atoms with Crippen molar-refractivity contribution in [3.8, 4) is 5.75 Å². The van der Waals surface area contributed by atoms with Gasteiger partial charge in [-0.05, 0) is 39.3 Å². The van der Waals surface area contributed by atoms with Gasteiger partial charge in [0.05, 0.1) is 25.0 Å². The molecule has 2 rings (SSSR count). The summed E-state index contributed by atoms with van der Waals surface area (Å²) in [6.45, 7) is 6.74. The van der Waals surface area contributed by atoms with Gasteiger partial charge in [0.2, 0.25) is 0 Å². The number of aromatic nitrogens is 2. The van der Waals surface area contributed by atoms with Crippen molar-refractivity contribution in [3.63, 3.8) is 0 Å². The first-order chi connectivity index (χ1) is 9.04. The van der Waals surface area contributed by atoms with Crippen LogP contribution in [0.4, 0.5) is 0 Å². The standard InChI is InChI=1S/C14H26N4O/c1-5-14(2,18-8-6-7-9-18)13(15)12-11(19-4)10-16-17(12)3/h10,13H,5-9,15H2,1-4H3. The van der Waals surface area contributed by atoms with E-state index in [0.29, 0.717) is 0 Å². The van der Waals surface area contributed by atoms with Crippen molar-refractivity contribution in [1.29, 1.82) is 0 Å². The number of methoxy groups -OCH3 is 1. The molecule has 5 heteroatoms. The van der Waals surface area contributed by atoms with Crippen LogP contribution in [0.25, 0.3) is 0 Å². The van der Waals surface area contributed by atoms with Gasteiger partial charge in [-0.3, -0.25) is 9.58 Å². The largest absolute Gasteiger partial charge is 0.493 e. The lowest BCUT2D eigenvalue weighted by molar-refractivity contribution is 0.0958. The number of ether oxygens (including phenoxy) is 1. The molecule has 0 aromatic carbocycles. The molecule has 0 aliphatic carbocycles. The highest BCUT2D eigenvalue weighted by Gasteiger charge is 2.40. The fourth-order valence-corrected chi connectivity index (χ4v) is 3.10. The number of hydrogen-bond acceptors (Lipinski definition) is 4. The maximum atomic E-state index is 6.60. The molecule has 1 aromatic rings. The van der Waals surface area contributed by atoms with Crippen LogP contribution in [0, 0.1) is 0 Å². The van der Waals surface area contributed by atoms with Crippen LogP contribution < -0.4 is 10.5 Å². The van der Waals surface area contributed by atoms with E-state index < -0.39 is 0 Å². The van der Waals surface area contributed by atoms with Crippen LogP contribution in [0.5, 0.6) is 5.75 Å². The topological polar surface area (TPSA) is 56.3 Å². The van der Waals surface area contributed by atoms with Gasteiger partial charge in [0.25, 0.3) is 0 Å². The highest BCUT2D eigenvalue weighted by molar-refractivity contribution is 5.30. The number of aryl methyl sites for hydroxylation is 1. The van der Waals surface area contributed by atoms with Crippen LogP contribution >= 0.6 is 0 Å². The average Bonchev–Trinajstić information content (AvgIpc) is 3.06. The highest BCUT2D eigenvalue weighted by Crippen LogP contribution is 2.37. The summed E-state index contributed by atoms with van der Waals surface area (Å²) in [4.78, 5) is 2.52. The van der Waals surface area contributed by atoms with E-state index in [-0.39, 0.29) is 11.6 Å². The molecule has 1 fully saturated rings. The fourth-order valence-electron chi connectivity index (χ4n) is 3.10. The van der Waals surface area contributed by atoms with Crippen molar-refractivity contribution in [2.45, 2.75) is 44.7 Å². The predicted molar refractivity (Wildman–Crippen MR) is 76.2 cm³/mol. The Kier molecular flexibility index (Phi) is 4.16. The second-order valence-corrected chi connectivity index (χ2v) is 5.60. The van der Waals surface area contributed by atoms with Gasteiger partial charge in [0.15, 0.2) is 5.75 Å². The summed E-state index contributed by atoms with van der Waals surface area (Å²) in [7, 11) is 3.60. The molecular weight excluding hydrogens is 240 g/mol. The zero-order valence-corrected chi connectivity index (χ0v) is 12.5. The smallest absolute Gasteiger partial charge is 0.161 e. The van der Waals surface area contributed by atoms with Gasteiger partial charge < -0.3 is 10.5 Å². The Morgan fingerprint density at radius 2 is 2.11 bits per heavy atom.